The average Bonchev–Trinajstić information content (AvgIpc) is 3.99. The van der Waals surface area contributed by atoms with Gasteiger partial charge in [-0.2, -0.15) is 4.31 Å². The molecular weight excluding hydrogens is 933 g/mol. The van der Waals surface area contributed by atoms with Gasteiger partial charge in [0.2, 0.25) is 10.0 Å². The molecule has 0 unspecified atom stereocenters. The minimum Gasteiger partial charge on any atom is -0.497 e. The fourth-order valence-electron chi connectivity index (χ4n) is 7.73. The van der Waals surface area contributed by atoms with Gasteiger partial charge in [0.05, 0.1) is 43.7 Å². The number of benzene rings is 5. The number of methoxy groups -OCH3 is 3. The highest BCUT2D eigenvalue weighted by Crippen LogP contribution is 2.43. The first-order chi connectivity index (χ1) is 33.6. The number of amides is 2. The summed E-state index contributed by atoms with van der Waals surface area (Å²) in [6.45, 7) is 5.66. The summed E-state index contributed by atoms with van der Waals surface area (Å²) in [5.41, 5.74) is 3.76. The molecule has 0 atom stereocenters. The van der Waals surface area contributed by atoms with Crippen LogP contribution in [0.15, 0.2) is 120 Å². The summed E-state index contributed by atoms with van der Waals surface area (Å²) >= 11 is 1.23. The third-order valence-electron chi connectivity index (χ3n) is 11.2. The summed E-state index contributed by atoms with van der Waals surface area (Å²) < 4.78 is 58.0. The van der Waals surface area contributed by atoms with E-state index in [1.54, 1.807) is 84.6 Å². The molecule has 0 fully saturated rings. The number of sulfonamides is 1. The highest BCUT2D eigenvalue weighted by Gasteiger charge is 2.35. The minimum absolute atomic E-state index is 0.0662. The molecule has 5 aromatic carbocycles. The number of aromatic nitrogens is 5. The zero-order valence-electron chi connectivity index (χ0n) is 39.3. The third-order valence-corrected chi connectivity index (χ3v) is 14.0. The molecule has 3 heterocycles. The van der Waals surface area contributed by atoms with Gasteiger partial charge in [-0.1, -0.05) is 83.9 Å². The van der Waals surface area contributed by atoms with Crippen molar-refractivity contribution < 1.29 is 42.1 Å². The molecule has 2 amide bonds. The monoisotopic (exact) mass is 982 g/mol. The van der Waals surface area contributed by atoms with E-state index >= 15 is 8.42 Å². The molecule has 7 aromatic rings. The number of rotatable bonds is 14. The lowest BCUT2D eigenvalue weighted by Gasteiger charge is -2.26. The lowest BCUT2D eigenvalue weighted by molar-refractivity contribution is 0.0635. The van der Waals surface area contributed by atoms with Gasteiger partial charge in [-0.15, -0.1) is 5.10 Å². The Labute approximate surface area is 409 Å². The molecule has 0 saturated carbocycles. The number of fused-ring (bicyclic) bond motifs is 1. The number of hydrogen-bond donors (Lipinski definition) is 2. The first-order valence-electron chi connectivity index (χ1n) is 22.0. The summed E-state index contributed by atoms with van der Waals surface area (Å²) in [6, 6.07) is 30.6. The van der Waals surface area contributed by atoms with Crippen LogP contribution in [0.5, 0.6) is 17.2 Å². The molecule has 2 aromatic heterocycles. The van der Waals surface area contributed by atoms with E-state index in [0.717, 1.165) is 5.56 Å². The van der Waals surface area contributed by atoms with Crippen LogP contribution in [-0.4, -0.2) is 100 Å². The first-order valence-corrected chi connectivity index (χ1v) is 24.3. The van der Waals surface area contributed by atoms with Gasteiger partial charge in [-0.25, -0.2) is 27.7 Å². The van der Waals surface area contributed by atoms with Gasteiger partial charge in [-0.3, -0.25) is 5.32 Å². The smallest absolute Gasteiger partial charge is 0.413 e. The van der Waals surface area contributed by atoms with E-state index in [9.17, 15) is 14.7 Å². The predicted molar refractivity (Wildman–Crippen MR) is 265 cm³/mol. The fraction of sp³-hybridized carbons (Fsp3) is 0.255. The van der Waals surface area contributed by atoms with Crippen molar-refractivity contribution in [2.75, 3.05) is 39.7 Å². The van der Waals surface area contributed by atoms with Gasteiger partial charge in [0.25, 0.3) is 0 Å². The maximum absolute atomic E-state index is 16.3. The molecule has 0 bridgehead atoms. The SMILES string of the molecule is COc1ccc(CN(Cc2ccc(OC)cc2)S(=O)(=O)c2c(C#CC3=CCN(C(=O)O)CC3)ccc(-c3cccc4sc(NC(=O)OC(C)(C)C)nc34)c2-c2nnnn2Cc2ccc(OC)cc2)cc1. The maximum atomic E-state index is 16.3. The molecule has 8 rings (SSSR count). The van der Waals surface area contributed by atoms with Crippen molar-refractivity contribution >= 4 is 48.9 Å². The lowest BCUT2D eigenvalue weighted by Crippen LogP contribution is -2.33. The summed E-state index contributed by atoms with van der Waals surface area (Å²) in [4.78, 5) is 30.7. The molecule has 19 heteroatoms. The Bertz CT molecular complexity index is 3200. The van der Waals surface area contributed by atoms with Crippen molar-refractivity contribution in [2.45, 2.75) is 57.3 Å². The van der Waals surface area contributed by atoms with Crippen molar-refractivity contribution in [3.63, 3.8) is 0 Å². The number of ether oxygens (including phenoxy) is 4. The van der Waals surface area contributed by atoms with Crippen molar-refractivity contribution in [3.05, 3.63) is 137 Å². The standard InChI is InChI=1S/C51H50N8O9S2/c1-51(2,3)68-49(60)53-48-52-45-42(8-7-9-43(45)69-48)41-25-18-37(17-10-33-26-28-57(29-27-33)50(61)62)46(44(41)47-54-55-56-59(47)32-36-15-23-40(67-6)24-16-36)70(63,64)58(30-34-11-19-38(65-4)20-12-34)31-35-13-21-39(66-5)22-14-35/h7-9,11-16,18-26H,27-32H2,1-6H3,(H,61,62)(H,52,53,60). The second-order valence-corrected chi connectivity index (χ2v) is 20.0. The number of hydrogen-bond acceptors (Lipinski definition) is 13. The van der Waals surface area contributed by atoms with E-state index in [-0.39, 0.29) is 59.7 Å². The largest absolute Gasteiger partial charge is 0.497 e. The molecule has 0 saturated heterocycles. The Morgan fingerprint density at radius 3 is 1.99 bits per heavy atom. The van der Waals surface area contributed by atoms with E-state index in [4.69, 9.17) is 23.9 Å². The van der Waals surface area contributed by atoms with Crippen LogP contribution in [0.2, 0.25) is 0 Å². The van der Waals surface area contributed by atoms with Crippen LogP contribution in [-0.2, 0) is 34.4 Å². The summed E-state index contributed by atoms with van der Waals surface area (Å²) in [6.07, 6.45) is 0.342. The van der Waals surface area contributed by atoms with Gasteiger partial charge in [-0.05, 0) is 108 Å². The average molecular weight is 983 g/mol. The van der Waals surface area contributed by atoms with Crippen LogP contribution in [0.4, 0.5) is 14.7 Å². The van der Waals surface area contributed by atoms with Crippen molar-refractivity contribution in [1.82, 2.24) is 34.4 Å². The number of carbonyl (C=O) groups excluding carboxylic acids is 1. The highest BCUT2D eigenvalue weighted by atomic mass is 32.2. The Kier molecular flexibility index (Phi) is 14.5. The van der Waals surface area contributed by atoms with Crippen LogP contribution in [0.25, 0.3) is 32.7 Å². The second kappa shape index (κ2) is 20.8. The topological polar surface area (TPSA) is 200 Å². The van der Waals surface area contributed by atoms with Crippen LogP contribution >= 0.6 is 11.3 Å². The summed E-state index contributed by atoms with van der Waals surface area (Å²) in [7, 11) is 0.0459. The highest BCUT2D eigenvalue weighted by molar-refractivity contribution is 7.89. The van der Waals surface area contributed by atoms with Gasteiger partial charge < -0.3 is 29.0 Å². The van der Waals surface area contributed by atoms with E-state index < -0.39 is 27.8 Å². The van der Waals surface area contributed by atoms with Gasteiger partial charge >= 0.3 is 12.2 Å². The predicted octanol–water partition coefficient (Wildman–Crippen LogP) is 9.09. The minimum atomic E-state index is -4.65. The first kappa shape index (κ1) is 48.7. The van der Waals surface area contributed by atoms with E-state index in [2.05, 4.69) is 32.7 Å². The molecule has 17 nitrogen and oxygen atoms in total. The Morgan fingerprint density at radius 2 is 1.43 bits per heavy atom. The van der Waals surface area contributed by atoms with Crippen LogP contribution in [0.1, 0.15) is 49.4 Å². The van der Waals surface area contributed by atoms with Gasteiger partial charge in [0.1, 0.15) is 27.7 Å². The number of nitrogens with zero attached hydrogens (tertiary/aromatic N) is 7. The third kappa shape index (κ3) is 11.2. The zero-order chi connectivity index (χ0) is 49.6. The Balaban J connectivity index is 1.39. The second-order valence-electron chi connectivity index (χ2n) is 17.1. The fourth-order valence-corrected chi connectivity index (χ4v) is 10.4. The molecule has 2 N–H and O–H groups in total. The number of para-hydroxylation sites is 1. The van der Waals surface area contributed by atoms with Crippen LogP contribution < -0.4 is 19.5 Å². The molecule has 0 spiro atoms. The van der Waals surface area contributed by atoms with Gasteiger partial charge in [0, 0.05) is 42.9 Å². The number of carboxylic acid groups (broad SMARTS) is 1. The number of nitrogens with one attached hydrogen (secondary N) is 1. The zero-order valence-corrected chi connectivity index (χ0v) is 40.9. The quantitative estimate of drug-likeness (QED) is 0.0979. The molecule has 0 radical (unpaired) electrons. The van der Waals surface area contributed by atoms with Crippen LogP contribution in [0, 0.1) is 11.8 Å². The van der Waals surface area contributed by atoms with Crippen LogP contribution in [0.3, 0.4) is 0 Å². The number of tetrazole rings is 1. The van der Waals surface area contributed by atoms with E-state index in [1.165, 1.54) is 25.2 Å². The molecular formula is C51H50N8O9S2. The normalized spacial score (nSPS) is 12.8. The summed E-state index contributed by atoms with van der Waals surface area (Å²) in [5.74, 6) is 8.37. The number of thiazole rings is 1. The lowest BCUT2D eigenvalue weighted by atomic mass is 9.95. The molecule has 0 aliphatic carbocycles. The van der Waals surface area contributed by atoms with Crippen molar-refractivity contribution in [3.8, 4) is 51.6 Å². The maximum Gasteiger partial charge on any atom is 0.413 e. The summed E-state index contributed by atoms with van der Waals surface area (Å²) in [5, 5.41) is 25.8. The van der Waals surface area contributed by atoms with E-state index in [1.807, 2.05) is 66.7 Å². The Morgan fingerprint density at radius 1 is 0.814 bits per heavy atom. The molecule has 360 valence electrons. The Hall–Kier alpha value is -7.79. The van der Waals surface area contributed by atoms with E-state index in [0.29, 0.717) is 61.7 Å². The number of carbonyl (C=O) groups is 2. The van der Waals surface area contributed by atoms with Crippen molar-refractivity contribution in [2.24, 2.45) is 0 Å². The van der Waals surface area contributed by atoms with Gasteiger partial charge in [0.15, 0.2) is 11.0 Å². The number of anilines is 1. The molecule has 70 heavy (non-hydrogen) atoms. The molecule has 1 aliphatic rings. The molecule has 1 aliphatic heterocycles. The van der Waals surface area contributed by atoms with Crippen molar-refractivity contribution in [1.29, 1.82) is 0 Å².